The molecule has 7 nitrogen and oxygen atoms in total. The summed E-state index contributed by atoms with van der Waals surface area (Å²) >= 11 is 14.5. The average Bonchev–Trinajstić information content (AvgIpc) is 2.36. The second kappa shape index (κ2) is 5.86. The summed E-state index contributed by atoms with van der Waals surface area (Å²) in [6.45, 7) is 1.65. The highest BCUT2D eigenvalue weighted by Gasteiger charge is 2.21. The van der Waals surface area contributed by atoms with Crippen LogP contribution in [-0.2, 0) is 0 Å². The van der Waals surface area contributed by atoms with Gasteiger partial charge in [-0.25, -0.2) is 0 Å². The van der Waals surface area contributed by atoms with Crippen LogP contribution in [0.1, 0.15) is 5.56 Å². The van der Waals surface area contributed by atoms with Gasteiger partial charge in [-0.05, 0) is 24.6 Å². The lowest BCUT2D eigenvalue weighted by molar-refractivity contribution is -0.385. The molecule has 0 aliphatic rings. The Balaban J connectivity index is 2.53. The van der Waals surface area contributed by atoms with E-state index in [2.05, 4.69) is 31.1 Å². The molecule has 0 bridgehead atoms. The second-order valence-corrected chi connectivity index (χ2v) is 5.22. The summed E-state index contributed by atoms with van der Waals surface area (Å²) < 4.78 is 5.93. The molecule has 0 aliphatic carbocycles. The number of hydrogen-bond acceptors (Lipinski definition) is 6. The van der Waals surface area contributed by atoms with Crippen molar-refractivity contribution in [2.24, 2.45) is 0 Å². The van der Waals surface area contributed by atoms with Crippen LogP contribution in [0.3, 0.4) is 0 Å². The van der Waals surface area contributed by atoms with Gasteiger partial charge < -0.3 is 4.74 Å². The van der Waals surface area contributed by atoms with Gasteiger partial charge in [-0.15, -0.1) is 10.2 Å². The number of nitro benzene ring substituents is 1. The zero-order valence-corrected chi connectivity index (χ0v) is 12.9. The molecule has 0 amide bonds. The molecule has 1 aromatic carbocycles. The van der Waals surface area contributed by atoms with Gasteiger partial charge in [-0.3, -0.25) is 10.1 Å². The number of nitro groups is 1. The Hall–Kier alpha value is -1.51. The quantitative estimate of drug-likeness (QED) is 0.592. The van der Waals surface area contributed by atoms with Gasteiger partial charge in [0, 0.05) is 16.1 Å². The van der Waals surface area contributed by atoms with Crippen LogP contribution < -0.4 is 4.74 Å². The van der Waals surface area contributed by atoms with E-state index in [9.17, 15) is 10.1 Å². The molecular formula is C10H5BrCl2N4O3. The molecule has 104 valence electrons. The Morgan fingerprint density at radius 2 is 2.05 bits per heavy atom. The van der Waals surface area contributed by atoms with Crippen LogP contribution in [0, 0.1) is 17.0 Å². The number of aromatic nitrogens is 3. The largest absolute Gasteiger partial charge is 0.429 e. The molecule has 0 unspecified atom stereocenters. The third-order valence-corrected chi connectivity index (χ3v) is 3.06. The minimum atomic E-state index is -0.572. The van der Waals surface area contributed by atoms with Gasteiger partial charge in [0.15, 0.2) is 0 Å². The molecule has 0 fully saturated rings. The lowest BCUT2D eigenvalue weighted by Gasteiger charge is -2.09. The predicted molar refractivity (Wildman–Crippen MR) is 75.5 cm³/mol. The van der Waals surface area contributed by atoms with E-state index >= 15 is 0 Å². The molecule has 0 spiro atoms. The van der Waals surface area contributed by atoms with Gasteiger partial charge in [-0.1, -0.05) is 27.5 Å². The third kappa shape index (κ3) is 3.14. The molecule has 0 N–H and O–H groups in total. The molecule has 0 saturated heterocycles. The first-order chi connectivity index (χ1) is 9.38. The smallest absolute Gasteiger partial charge is 0.313 e. The summed E-state index contributed by atoms with van der Waals surface area (Å²) in [5, 5.41) is 17.7. The van der Waals surface area contributed by atoms with E-state index in [1.54, 1.807) is 13.0 Å². The van der Waals surface area contributed by atoms with Crippen LogP contribution in [0.15, 0.2) is 16.6 Å². The normalized spacial score (nSPS) is 10.4. The number of hydrogen-bond donors (Lipinski definition) is 0. The first kappa shape index (κ1) is 14.9. The van der Waals surface area contributed by atoms with Gasteiger partial charge in [-0.2, -0.15) is 4.98 Å². The van der Waals surface area contributed by atoms with E-state index in [4.69, 9.17) is 27.9 Å². The molecule has 0 atom stereocenters. The van der Waals surface area contributed by atoms with Crippen LogP contribution >= 0.6 is 39.1 Å². The highest BCUT2D eigenvalue weighted by molar-refractivity contribution is 9.10. The van der Waals surface area contributed by atoms with Gasteiger partial charge in [0.05, 0.1) is 4.92 Å². The maximum Gasteiger partial charge on any atom is 0.313 e. The van der Waals surface area contributed by atoms with E-state index in [0.29, 0.717) is 10.0 Å². The summed E-state index contributed by atoms with van der Waals surface area (Å²) in [4.78, 5) is 14.2. The maximum atomic E-state index is 11.1. The van der Waals surface area contributed by atoms with Crippen molar-refractivity contribution in [1.29, 1.82) is 0 Å². The van der Waals surface area contributed by atoms with E-state index < -0.39 is 4.92 Å². The van der Waals surface area contributed by atoms with Gasteiger partial charge in [0.1, 0.15) is 0 Å². The molecule has 0 saturated carbocycles. The van der Waals surface area contributed by atoms with Crippen molar-refractivity contribution < 1.29 is 9.66 Å². The van der Waals surface area contributed by atoms with Crippen LogP contribution in [-0.4, -0.2) is 20.1 Å². The summed E-state index contributed by atoms with van der Waals surface area (Å²) in [6, 6.07) is 2.97. The Bertz CT molecular complexity index is 698. The van der Waals surface area contributed by atoms with Crippen molar-refractivity contribution in [3.05, 3.63) is 42.7 Å². The van der Waals surface area contributed by atoms with Crippen LogP contribution in [0.5, 0.6) is 11.6 Å². The fourth-order valence-corrected chi connectivity index (χ4v) is 2.22. The second-order valence-electron chi connectivity index (χ2n) is 3.61. The number of nitrogens with zero attached hydrogens (tertiary/aromatic N) is 4. The zero-order chi connectivity index (χ0) is 14.9. The fraction of sp³-hybridized carbons (Fsp3) is 0.100. The first-order valence-electron chi connectivity index (χ1n) is 5.06. The minimum absolute atomic E-state index is 0.0108. The number of benzene rings is 1. The molecule has 1 heterocycles. The molecule has 2 rings (SSSR count). The van der Waals surface area contributed by atoms with Gasteiger partial charge >= 0.3 is 5.69 Å². The van der Waals surface area contributed by atoms with Crippen LogP contribution in [0.2, 0.25) is 10.4 Å². The summed E-state index contributed by atoms with van der Waals surface area (Å²) in [6.07, 6.45) is 0. The highest BCUT2D eigenvalue weighted by atomic mass is 79.9. The van der Waals surface area contributed by atoms with E-state index in [0.717, 1.165) is 0 Å². The number of aryl methyl sites for hydroxylation is 1. The summed E-state index contributed by atoms with van der Waals surface area (Å²) in [5.74, 6) is -0.142. The minimum Gasteiger partial charge on any atom is -0.429 e. The maximum absolute atomic E-state index is 11.1. The first-order valence-corrected chi connectivity index (χ1v) is 6.61. The third-order valence-electron chi connectivity index (χ3n) is 2.21. The van der Waals surface area contributed by atoms with E-state index in [1.807, 2.05) is 0 Å². The van der Waals surface area contributed by atoms with E-state index in [-0.39, 0.29) is 27.8 Å². The topological polar surface area (TPSA) is 91.0 Å². The van der Waals surface area contributed by atoms with Crippen molar-refractivity contribution in [2.45, 2.75) is 6.92 Å². The Labute approximate surface area is 131 Å². The van der Waals surface area contributed by atoms with Crippen molar-refractivity contribution in [2.75, 3.05) is 0 Å². The van der Waals surface area contributed by atoms with Crippen molar-refractivity contribution in [3.8, 4) is 11.6 Å². The zero-order valence-electron chi connectivity index (χ0n) is 9.80. The molecular weight excluding hydrogens is 375 g/mol. The molecule has 0 aliphatic heterocycles. The predicted octanol–water partition coefficient (Wildman–Crippen LogP) is 3.95. The standard InChI is InChI=1S/C10H5BrCl2N4O3/c1-4-2-5(11)3-6(17(18)19)7(4)20-9-8(12)15-16-10(13)14-9/h2-3H,1H3. The SMILES string of the molecule is Cc1cc(Br)cc([N+](=O)[O-])c1Oc1nc(Cl)nnc1Cl. The van der Waals surface area contributed by atoms with Crippen LogP contribution in [0.25, 0.3) is 0 Å². The average molecular weight is 380 g/mol. The Kier molecular flexibility index (Phi) is 4.36. The monoisotopic (exact) mass is 378 g/mol. The number of rotatable bonds is 3. The van der Waals surface area contributed by atoms with Gasteiger partial charge in [0.25, 0.3) is 5.88 Å². The molecule has 20 heavy (non-hydrogen) atoms. The highest BCUT2D eigenvalue weighted by Crippen LogP contribution is 2.38. The lowest BCUT2D eigenvalue weighted by Crippen LogP contribution is -1.99. The molecule has 2 aromatic rings. The lowest BCUT2D eigenvalue weighted by atomic mass is 10.2. The van der Waals surface area contributed by atoms with Crippen molar-refractivity contribution in [3.63, 3.8) is 0 Å². The number of halogens is 3. The number of ether oxygens (including phenoxy) is 1. The van der Waals surface area contributed by atoms with E-state index in [1.165, 1.54) is 6.07 Å². The summed E-state index contributed by atoms with van der Waals surface area (Å²) in [5.41, 5.74) is 0.291. The van der Waals surface area contributed by atoms with Gasteiger partial charge in [0.2, 0.25) is 16.2 Å². The molecule has 10 heteroatoms. The van der Waals surface area contributed by atoms with Crippen molar-refractivity contribution in [1.82, 2.24) is 15.2 Å². The fourth-order valence-electron chi connectivity index (χ4n) is 1.42. The molecule has 1 aromatic heterocycles. The van der Waals surface area contributed by atoms with Crippen molar-refractivity contribution >= 4 is 44.8 Å². The summed E-state index contributed by atoms with van der Waals surface area (Å²) in [7, 11) is 0. The Morgan fingerprint density at radius 1 is 1.35 bits per heavy atom. The molecule has 0 radical (unpaired) electrons. The van der Waals surface area contributed by atoms with Crippen LogP contribution in [0.4, 0.5) is 5.69 Å². The Morgan fingerprint density at radius 3 is 2.70 bits per heavy atom.